The van der Waals surface area contributed by atoms with Crippen LogP contribution in [-0.2, 0) is 0 Å². The van der Waals surface area contributed by atoms with Crippen molar-refractivity contribution in [3.8, 4) is 6.07 Å². The summed E-state index contributed by atoms with van der Waals surface area (Å²) in [5.74, 6) is 0.794. The summed E-state index contributed by atoms with van der Waals surface area (Å²) in [5, 5.41) is 13.7. The van der Waals surface area contributed by atoms with Crippen LogP contribution in [0.5, 0.6) is 0 Å². The Labute approximate surface area is 187 Å². The molecule has 166 valence electrons. The van der Waals surface area contributed by atoms with Crippen LogP contribution in [0.3, 0.4) is 0 Å². The third-order valence-electron chi connectivity index (χ3n) is 7.78. The maximum Gasteiger partial charge on any atom is 0.101 e. The second-order valence-electron chi connectivity index (χ2n) is 9.71. The van der Waals surface area contributed by atoms with E-state index in [1.165, 1.54) is 70.4 Å². The van der Waals surface area contributed by atoms with Crippen LogP contribution in [0, 0.1) is 22.7 Å². The van der Waals surface area contributed by atoms with Crippen LogP contribution in [0.15, 0.2) is 30.5 Å². The summed E-state index contributed by atoms with van der Waals surface area (Å²) in [6, 6.07) is 10.2. The minimum atomic E-state index is 0.658. The Morgan fingerprint density at radius 3 is 2.58 bits per heavy atom. The SMILES string of the molecule is CC[C@H]1CCN(c2ccc(C#N)c3ncccc23)C1.CN1CCC2(CCNCC2)CC1. The zero-order valence-corrected chi connectivity index (χ0v) is 19.2. The molecule has 0 amide bonds. The standard InChI is InChI=1S/C16H17N3.C10H20N2/c1-2-12-7-9-19(11-12)15-6-5-13(10-17)16-14(15)4-3-8-18-16;1-12-8-4-10(5-9-12)2-6-11-7-3-10/h3-6,8,12H,2,7,9,11H2,1H3;11H,2-9H2,1H3/t12-;/m0./s1. The van der Waals surface area contributed by atoms with Gasteiger partial charge in [-0.25, -0.2) is 0 Å². The predicted octanol–water partition coefficient (Wildman–Crippen LogP) is 4.42. The highest BCUT2D eigenvalue weighted by molar-refractivity contribution is 5.95. The van der Waals surface area contributed by atoms with Crippen LogP contribution in [-0.4, -0.2) is 56.2 Å². The van der Waals surface area contributed by atoms with E-state index in [1.54, 1.807) is 6.20 Å². The highest BCUT2D eigenvalue weighted by Crippen LogP contribution is 2.39. The summed E-state index contributed by atoms with van der Waals surface area (Å²) in [5.41, 5.74) is 3.43. The van der Waals surface area contributed by atoms with Crippen molar-refractivity contribution in [2.45, 2.75) is 45.4 Å². The second kappa shape index (κ2) is 9.97. The summed E-state index contributed by atoms with van der Waals surface area (Å²) in [7, 11) is 2.24. The average Bonchev–Trinajstić information content (AvgIpc) is 3.31. The number of likely N-dealkylation sites (tertiary alicyclic amines) is 1. The van der Waals surface area contributed by atoms with Crippen LogP contribution in [0.4, 0.5) is 5.69 Å². The molecule has 0 saturated carbocycles. The first-order chi connectivity index (χ1) is 15.1. The van der Waals surface area contributed by atoms with E-state index in [0.29, 0.717) is 5.56 Å². The lowest BCUT2D eigenvalue weighted by atomic mass is 9.72. The number of benzene rings is 1. The molecule has 3 aliphatic rings. The number of aromatic nitrogens is 1. The van der Waals surface area contributed by atoms with E-state index >= 15 is 0 Å². The van der Waals surface area contributed by atoms with Gasteiger partial charge in [-0.3, -0.25) is 4.98 Å². The van der Waals surface area contributed by atoms with Gasteiger partial charge in [0.2, 0.25) is 0 Å². The number of nitrogens with one attached hydrogen (secondary N) is 1. The maximum absolute atomic E-state index is 9.17. The molecule has 0 radical (unpaired) electrons. The van der Waals surface area contributed by atoms with Crippen LogP contribution >= 0.6 is 0 Å². The number of fused-ring (bicyclic) bond motifs is 1. The number of nitrogens with zero attached hydrogens (tertiary/aromatic N) is 4. The Morgan fingerprint density at radius 1 is 1.13 bits per heavy atom. The van der Waals surface area contributed by atoms with Gasteiger partial charge < -0.3 is 15.1 Å². The fourth-order valence-corrected chi connectivity index (χ4v) is 5.46. The Hall–Kier alpha value is -2.16. The average molecular weight is 420 g/mol. The van der Waals surface area contributed by atoms with Gasteiger partial charge in [-0.1, -0.05) is 13.3 Å². The summed E-state index contributed by atoms with van der Waals surface area (Å²) in [6.07, 6.45) is 9.96. The quantitative estimate of drug-likeness (QED) is 0.781. The van der Waals surface area contributed by atoms with Gasteiger partial charge >= 0.3 is 0 Å². The third kappa shape index (κ3) is 5.02. The lowest BCUT2D eigenvalue weighted by Gasteiger charge is -2.43. The van der Waals surface area contributed by atoms with Gasteiger partial charge in [0.25, 0.3) is 0 Å². The van der Waals surface area contributed by atoms with Gasteiger partial charge in [-0.15, -0.1) is 0 Å². The van der Waals surface area contributed by atoms with E-state index < -0.39 is 0 Å². The molecule has 3 fully saturated rings. The van der Waals surface area contributed by atoms with E-state index in [-0.39, 0.29) is 0 Å². The zero-order chi connectivity index (χ0) is 21.7. The summed E-state index contributed by atoms with van der Waals surface area (Å²) in [4.78, 5) is 9.27. The number of hydrogen-bond acceptors (Lipinski definition) is 5. The second-order valence-corrected chi connectivity index (χ2v) is 9.71. The number of nitriles is 1. The number of hydrogen-bond donors (Lipinski definition) is 1. The largest absolute Gasteiger partial charge is 0.371 e. The smallest absolute Gasteiger partial charge is 0.101 e. The van der Waals surface area contributed by atoms with Gasteiger partial charge in [0, 0.05) is 30.4 Å². The first kappa shape index (κ1) is 22.0. The highest BCUT2D eigenvalue weighted by Gasteiger charge is 2.34. The van der Waals surface area contributed by atoms with E-state index in [2.05, 4.69) is 52.3 Å². The first-order valence-corrected chi connectivity index (χ1v) is 12.1. The Kier molecular flexibility index (Phi) is 7.09. The Bertz CT molecular complexity index is 902. The van der Waals surface area contributed by atoms with Gasteiger partial charge in [-0.2, -0.15) is 5.26 Å². The van der Waals surface area contributed by atoms with Crippen molar-refractivity contribution in [3.63, 3.8) is 0 Å². The van der Waals surface area contributed by atoms with Crippen molar-refractivity contribution in [1.29, 1.82) is 5.26 Å². The molecule has 0 bridgehead atoms. The molecule has 5 nitrogen and oxygen atoms in total. The van der Waals surface area contributed by atoms with Crippen molar-refractivity contribution in [3.05, 3.63) is 36.0 Å². The van der Waals surface area contributed by atoms with E-state index in [4.69, 9.17) is 5.26 Å². The molecule has 1 aromatic carbocycles. The molecule has 1 N–H and O–H groups in total. The van der Waals surface area contributed by atoms with Crippen LogP contribution in [0.1, 0.15) is 51.0 Å². The molecular weight excluding hydrogens is 382 g/mol. The molecule has 31 heavy (non-hydrogen) atoms. The number of anilines is 1. The van der Waals surface area contributed by atoms with E-state index in [9.17, 15) is 0 Å². The molecule has 3 saturated heterocycles. The molecule has 3 aliphatic heterocycles. The summed E-state index contributed by atoms with van der Waals surface area (Å²) < 4.78 is 0. The summed E-state index contributed by atoms with van der Waals surface area (Å²) in [6.45, 7) is 9.63. The van der Waals surface area contributed by atoms with Gasteiger partial charge in [0.15, 0.2) is 0 Å². The summed E-state index contributed by atoms with van der Waals surface area (Å²) >= 11 is 0. The number of rotatable bonds is 2. The van der Waals surface area contributed by atoms with Crippen molar-refractivity contribution in [1.82, 2.24) is 15.2 Å². The molecule has 0 unspecified atom stereocenters. The maximum atomic E-state index is 9.17. The highest BCUT2D eigenvalue weighted by atomic mass is 15.2. The molecule has 4 heterocycles. The monoisotopic (exact) mass is 419 g/mol. The Morgan fingerprint density at radius 2 is 1.90 bits per heavy atom. The topological polar surface area (TPSA) is 55.2 Å². The molecule has 0 aliphatic carbocycles. The van der Waals surface area contributed by atoms with Crippen molar-refractivity contribution >= 4 is 16.6 Å². The molecule has 5 rings (SSSR count). The lowest BCUT2D eigenvalue weighted by molar-refractivity contribution is 0.0876. The fraction of sp³-hybridized carbons (Fsp3) is 0.615. The van der Waals surface area contributed by atoms with Crippen LogP contribution in [0.25, 0.3) is 10.9 Å². The van der Waals surface area contributed by atoms with Gasteiger partial charge in [0.05, 0.1) is 11.1 Å². The van der Waals surface area contributed by atoms with E-state index in [1.807, 2.05) is 12.1 Å². The minimum Gasteiger partial charge on any atom is -0.371 e. The molecule has 5 heteroatoms. The van der Waals surface area contributed by atoms with Crippen LogP contribution < -0.4 is 10.2 Å². The molecular formula is C26H37N5. The normalized spacial score (nSPS) is 23.4. The number of pyridine rings is 1. The first-order valence-electron chi connectivity index (χ1n) is 12.1. The lowest BCUT2D eigenvalue weighted by Crippen LogP contribution is -2.44. The van der Waals surface area contributed by atoms with Gasteiger partial charge in [0.1, 0.15) is 6.07 Å². The van der Waals surface area contributed by atoms with Crippen molar-refractivity contribution < 1.29 is 0 Å². The predicted molar refractivity (Wildman–Crippen MR) is 128 cm³/mol. The minimum absolute atomic E-state index is 0.658. The van der Waals surface area contributed by atoms with Crippen molar-refractivity contribution in [2.75, 3.05) is 51.2 Å². The molecule has 2 aromatic rings. The Balaban J connectivity index is 0.000000166. The van der Waals surface area contributed by atoms with Gasteiger partial charge in [-0.05, 0) is 101 Å². The third-order valence-corrected chi connectivity index (χ3v) is 7.78. The molecule has 1 aromatic heterocycles. The molecule has 1 atom stereocenters. The van der Waals surface area contributed by atoms with E-state index in [0.717, 1.165) is 35.3 Å². The van der Waals surface area contributed by atoms with Crippen LogP contribution in [0.2, 0.25) is 0 Å². The fourth-order valence-electron chi connectivity index (χ4n) is 5.46. The van der Waals surface area contributed by atoms with Crippen molar-refractivity contribution in [2.24, 2.45) is 11.3 Å². The zero-order valence-electron chi connectivity index (χ0n) is 19.2. The molecule has 1 spiro atoms. The number of piperidine rings is 2.